The summed E-state index contributed by atoms with van der Waals surface area (Å²) in [5, 5.41) is 3.85. The normalized spacial score (nSPS) is 21.5. The van der Waals surface area contributed by atoms with Crippen molar-refractivity contribution in [1.82, 2.24) is 10.2 Å². The van der Waals surface area contributed by atoms with Gasteiger partial charge in [-0.05, 0) is 34.6 Å². The molecule has 0 radical (unpaired) electrons. The Hall–Kier alpha value is -3.39. The van der Waals surface area contributed by atoms with E-state index in [4.69, 9.17) is 4.74 Å². The fourth-order valence-corrected chi connectivity index (χ4v) is 6.23. The van der Waals surface area contributed by atoms with E-state index in [1.54, 1.807) is 30.3 Å². The first-order valence-electron chi connectivity index (χ1n) is 12.4. The third-order valence-corrected chi connectivity index (χ3v) is 8.18. The van der Waals surface area contributed by atoms with Crippen molar-refractivity contribution in [2.75, 3.05) is 26.7 Å². The summed E-state index contributed by atoms with van der Waals surface area (Å²) in [6.45, 7) is 0.695. The summed E-state index contributed by atoms with van der Waals surface area (Å²) in [5.74, 6) is -1.16. The summed E-state index contributed by atoms with van der Waals surface area (Å²) in [5.41, 5.74) is -2.70. The van der Waals surface area contributed by atoms with Gasteiger partial charge in [-0.25, -0.2) is 0 Å². The molecule has 3 aromatic carbocycles. The van der Waals surface area contributed by atoms with Crippen molar-refractivity contribution in [3.05, 3.63) is 83.9 Å². The molecule has 0 aromatic heterocycles. The Morgan fingerprint density at radius 3 is 2.30 bits per heavy atom. The van der Waals surface area contributed by atoms with E-state index in [1.165, 1.54) is 17.0 Å². The lowest BCUT2D eigenvalue weighted by molar-refractivity contribution is -0.270. The molecule has 0 bridgehead atoms. The Kier molecular flexibility index (Phi) is 6.48. The van der Waals surface area contributed by atoms with Crippen LogP contribution in [0.2, 0.25) is 0 Å². The van der Waals surface area contributed by atoms with E-state index < -0.39 is 23.1 Å². The van der Waals surface area contributed by atoms with Crippen LogP contribution < -0.4 is 5.32 Å². The summed E-state index contributed by atoms with van der Waals surface area (Å²) in [4.78, 5) is 27.5. The zero-order valence-electron chi connectivity index (χ0n) is 20.6. The summed E-state index contributed by atoms with van der Waals surface area (Å²) < 4.78 is 49.7. The minimum absolute atomic E-state index is 0.0246. The first kappa shape index (κ1) is 25.3. The molecular formula is C29H29F3N2O3. The molecule has 5 rings (SSSR count). The Labute approximate surface area is 213 Å². The van der Waals surface area contributed by atoms with E-state index in [0.29, 0.717) is 30.2 Å². The molecule has 1 unspecified atom stereocenters. The fraction of sp³-hybridized carbons (Fsp3) is 0.379. The number of ether oxygens (including phenoxy) is 1. The molecule has 2 fully saturated rings. The molecule has 2 atom stereocenters. The summed E-state index contributed by atoms with van der Waals surface area (Å²) >= 11 is 0. The lowest BCUT2D eigenvalue weighted by atomic mass is 9.62. The van der Waals surface area contributed by atoms with Gasteiger partial charge in [-0.3, -0.25) is 9.59 Å². The number of nitrogens with one attached hydrogen (secondary N) is 1. The average molecular weight is 511 g/mol. The van der Waals surface area contributed by atoms with E-state index in [-0.39, 0.29) is 36.9 Å². The van der Waals surface area contributed by atoms with Crippen LogP contribution in [0, 0.1) is 5.41 Å². The highest BCUT2D eigenvalue weighted by atomic mass is 19.4. The van der Waals surface area contributed by atoms with Gasteiger partial charge in [-0.15, -0.1) is 0 Å². The molecule has 1 spiro atoms. The molecule has 0 saturated carbocycles. The molecule has 2 saturated heterocycles. The van der Waals surface area contributed by atoms with E-state index >= 15 is 0 Å². The Balaban J connectivity index is 1.49. The van der Waals surface area contributed by atoms with Gasteiger partial charge in [0.15, 0.2) is 0 Å². The monoisotopic (exact) mass is 510 g/mol. The number of fused-ring (bicyclic) bond motifs is 1. The molecule has 2 amide bonds. The minimum Gasteiger partial charge on any atom is -0.356 e. The van der Waals surface area contributed by atoms with Gasteiger partial charge < -0.3 is 15.0 Å². The number of hydrogen-bond acceptors (Lipinski definition) is 3. The maximum absolute atomic E-state index is 14.9. The molecule has 37 heavy (non-hydrogen) atoms. The highest BCUT2D eigenvalue weighted by Gasteiger charge is 2.64. The SMILES string of the molecule is COC(C(=O)N1CCC2(CC1)CC(=O)NC[C@H]2c1ccccc1)(c1cccc2ccccc12)C(F)(F)F. The number of benzene rings is 3. The van der Waals surface area contributed by atoms with Gasteiger partial charge in [0.05, 0.1) is 0 Å². The molecule has 2 heterocycles. The van der Waals surface area contributed by atoms with Crippen LogP contribution in [0.1, 0.15) is 36.3 Å². The number of hydrogen-bond donors (Lipinski definition) is 1. The predicted molar refractivity (Wildman–Crippen MR) is 134 cm³/mol. The number of rotatable bonds is 4. The molecule has 3 aromatic rings. The predicted octanol–water partition coefficient (Wildman–Crippen LogP) is 5.16. The maximum atomic E-state index is 14.9. The molecule has 8 heteroatoms. The number of halogens is 3. The number of methoxy groups -OCH3 is 1. The number of carbonyl (C=O) groups excluding carboxylic acids is 2. The van der Waals surface area contributed by atoms with E-state index in [9.17, 15) is 22.8 Å². The zero-order chi connectivity index (χ0) is 26.3. The first-order chi connectivity index (χ1) is 17.7. The molecule has 2 aliphatic rings. The van der Waals surface area contributed by atoms with Crippen LogP contribution >= 0.6 is 0 Å². The highest BCUT2D eigenvalue weighted by Crippen LogP contribution is 2.51. The maximum Gasteiger partial charge on any atom is 0.431 e. The standard InChI is InChI=1S/C29H29F3N2O3/c1-37-28(29(30,31)32,23-13-7-11-20-8-5-6-12-22(20)23)26(36)34-16-14-27(15-17-34)18-25(35)33-19-24(27)21-9-3-2-4-10-21/h2-13,24H,14-19H2,1H3,(H,33,35)/t24-,28?/m0/s1. The fourth-order valence-electron chi connectivity index (χ4n) is 6.23. The van der Waals surface area contributed by atoms with E-state index in [2.05, 4.69) is 5.32 Å². The third-order valence-electron chi connectivity index (χ3n) is 8.18. The second-order valence-electron chi connectivity index (χ2n) is 10.0. The van der Waals surface area contributed by atoms with Crippen LogP contribution in [0.3, 0.4) is 0 Å². The van der Waals surface area contributed by atoms with Crippen LogP contribution in [0.5, 0.6) is 0 Å². The van der Waals surface area contributed by atoms with Gasteiger partial charge in [-0.2, -0.15) is 13.2 Å². The number of nitrogens with zero attached hydrogens (tertiary/aromatic N) is 1. The van der Waals surface area contributed by atoms with Gasteiger partial charge in [0, 0.05) is 44.6 Å². The number of alkyl halides is 3. The van der Waals surface area contributed by atoms with Crippen LogP contribution in [-0.4, -0.2) is 49.6 Å². The molecular weight excluding hydrogens is 481 g/mol. The van der Waals surface area contributed by atoms with Crippen molar-refractivity contribution in [3.63, 3.8) is 0 Å². The lowest BCUT2D eigenvalue weighted by Gasteiger charge is -2.50. The molecule has 2 aliphatic heterocycles. The van der Waals surface area contributed by atoms with Crippen LogP contribution in [0.4, 0.5) is 13.2 Å². The lowest BCUT2D eigenvalue weighted by Crippen LogP contribution is -2.60. The smallest absolute Gasteiger partial charge is 0.356 e. The molecule has 194 valence electrons. The van der Waals surface area contributed by atoms with Crippen LogP contribution in [0.25, 0.3) is 10.8 Å². The van der Waals surface area contributed by atoms with Crippen molar-refractivity contribution in [2.24, 2.45) is 5.41 Å². The Morgan fingerprint density at radius 1 is 0.973 bits per heavy atom. The highest BCUT2D eigenvalue weighted by molar-refractivity contribution is 5.95. The number of amides is 2. The Bertz CT molecular complexity index is 1300. The third kappa shape index (κ3) is 4.17. The van der Waals surface area contributed by atoms with Gasteiger partial charge in [0.25, 0.3) is 11.5 Å². The van der Waals surface area contributed by atoms with Gasteiger partial charge in [0.1, 0.15) is 0 Å². The van der Waals surface area contributed by atoms with Crippen molar-refractivity contribution in [1.29, 1.82) is 0 Å². The van der Waals surface area contributed by atoms with Crippen LogP contribution in [-0.2, 0) is 19.9 Å². The van der Waals surface area contributed by atoms with E-state index in [1.807, 2.05) is 30.3 Å². The molecule has 5 nitrogen and oxygen atoms in total. The minimum atomic E-state index is -4.99. The molecule has 0 aliphatic carbocycles. The quantitative estimate of drug-likeness (QED) is 0.528. The van der Waals surface area contributed by atoms with Crippen LogP contribution in [0.15, 0.2) is 72.8 Å². The van der Waals surface area contributed by atoms with Crippen molar-refractivity contribution >= 4 is 22.6 Å². The molecule has 1 N–H and O–H groups in total. The Morgan fingerprint density at radius 2 is 1.62 bits per heavy atom. The summed E-state index contributed by atoms with van der Waals surface area (Å²) in [7, 11) is 0.940. The summed E-state index contributed by atoms with van der Waals surface area (Å²) in [6.07, 6.45) is -3.85. The van der Waals surface area contributed by atoms with Crippen molar-refractivity contribution in [2.45, 2.75) is 37.0 Å². The van der Waals surface area contributed by atoms with Gasteiger partial charge in [0.2, 0.25) is 5.91 Å². The second-order valence-corrected chi connectivity index (χ2v) is 10.0. The van der Waals surface area contributed by atoms with Crippen molar-refractivity contribution in [3.8, 4) is 0 Å². The van der Waals surface area contributed by atoms with Gasteiger partial charge >= 0.3 is 6.18 Å². The average Bonchev–Trinajstić information content (AvgIpc) is 2.89. The number of carbonyl (C=O) groups is 2. The summed E-state index contributed by atoms with van der Waals surface area (Å²) in [6, 6.07) is 21.1. The first-order valence-corrected chi connectivity index (χ1v) is 12.4. The number of likely N-dealkylation sites (tertiary alicyclic amines) is 1. The van der Waals surface area contributed by atoms with Gasteiger partial charge in [-0.1, -0.05) is 72.8 Å². The second kappa shape index (κ2) is 9.49. The number of piperidine rings is 2. The zero-order valence-corrected chi connectivity index (χ0v) is 20.6. The topological polar surface area (TPSA) is 58.6 Å². The van der Waals surface area contributed by atoms with E-state index in [0.717, 1.165) is 12.7 Å². The largest absolute Gasteiger partial charge is 0.431 e. The van der Waals surface area contributed by atoms with Crippen molar-refractivity contribution < 1.29 is 27.5 Å².